The number of anilines is 1. The van der Waals surface area contributed by atoms with E-state index >= 15 is 0 Å². The van der Waals surface area contributed by atoms with Crippen molar-refractivity contribution in [2.45, 2.75) is 39.7 Å². The summed E-state index contributed by atoms with van der Waals surface area (Å²) < 4.78 is 1.33. The second-order valence-corrected chi connectivity index (χ2v) is 9.52. The van der Waals surface area contributed by atoms with E-state index in [1.165, 1.54) is 4.68 Å². The van der Waals surface area contributed by atoms with Crippen LogP contribution in [0, 0.1) is 6.92 Å². The molecule has 0 bridgehead atoms. The molecule has 4 rings (SSSR count). The molecular formula is C27H27ClN4O. The summed E-state index contributed by atoms with van der Waals surface area (Å²) in [6.45, 7) is 8.88. The quantitative estimate of drug-likeness (QED) is 0.370. The van der Waals surface area contributed by atoms with Crippen molar-refractivity contribution in [2.75, 3.05) is 5.32 Å². The fourth-order valence-corrected chi connectivity index (χ4v) is 3.65. The SMILES string of the molecule is Cc1ccc(-c2nc(NCc3ccccc3Cl)n(C(=O)c3ccc(C(C)(C)C)cc3)n2)cc1. The van der Waals surface area contributed by atoms with Gasteiger partial charge in [-0.1, -0.05) is 92.5 Å². The number of aromatic nitrogens is 3. The Balaban J connectivity index is 1.69. The number of hydrogen-bond acceptors (Lipinski definition) is 4. The maximum Gasteiger partial charge on any atom is 0.281 e. The number of carbonyl (C=O) groups is 1. The number of hydrogen-bond donors (Lipinski definition) is 1. The van der Waals surface area contributed by atoms with Crippen molar-refractivity contribution in [3.05, 3.63) is 100 Å². The summed E-state index contributed by atoms with van der Waals surface area (Å²) in [5, 5.41) is 8.45. The Morgan fingerprint density at radius 2 is 1.64 bits per heavy atom. The van der Waals surface area contributed by atoms with Crippen LogP contribution in [0.4, 0.5) is 5.95 Å². The fourth-order valence-electron chi connectivity index (χ4n) is 3.44. The van der Waals surface area contributed by atoms with E-state index in [4.69, 9.17) is 11.6 Å². The van der Waals surface area contributed by atoms with Crippen molar-refractivity contribution >= 4 is 23.5 Å². The second-order valence-electron chi connectivity index (χ2n) is 9.11. The van der Waals surface area contributed by atoms with Gasteiger partial charge < -0.3 is 5.32 Å². The molecular weight excluding hydrogens is 432 g/mol. The van der Waals surface area contributed by atoms with Crippen LogP contribution in [0.25, 0.3) is 11.4 Å². The van der Waals surface area contributed by atoms with Crippen LogP contribution in [0.15, 0.2) is 72.8 Å². The van der Waals surface area contributed by atoms with E-state index in [0.29, 0.717) is 28.9 Å². The predicted octanol–water partition coefficient (Wildman–Crippen LogP) is 6.51. The molecule has 33 heavy (non-hydrogen) atoms. The molecule has 0 aliphatic carbocycles. The van der Waals surface area contributed by atoms with Crippen molar-refractivity contribution in [1.29, 1.82) is 0 Å². The number of nitrogens with zero attached hydrogens (tertiary/aromatic N) is 3. The second kappa shape index (κ2) is 9.20. The van der Waals surface area contributed by atoms with Gasteiger partial charge in [-0.15, -0.1) is 5.10 Å². The van der Waals surface area contributed by atoms with Gasteiger partial charge in [-0.25, -0.2) is 0 Å². The van der Waals surface area contributed by atoms with E-state index in [1.807, 2.05) is 79.7 Å². The van der Waals surface area contributed by atoms with Crippen molar-refractivity contribution in [2.24, 2.45) is 0 Å². The normalized spacial score (nSPS) is 11.4. The highest BCUT2D eigenvalue weighted by Crippen LogP contribution is 2.24. The van der Waals surface area contributed by atoms with Crippen LogP contribution < -0.4 is 5.32 Å². The number of nitrogens with one attached hydrogen (secondary N) is 1. The van der Waals surface area contributed by atoms with Crippen LogP contribution in [0.2, 0.25) is 5.02 Å². The first kappa shape index (κ1) is 22.7. The number of carbonyl (C=O) groups excluding carboxylic acids is 1. The van der Waals surface area contributed by atoms with Crippen LogP contribution in [0.5, 0.6) is 0 Å². The van der Waals surface area contributed by atoms with Gasteiger partial charge in [0.15, 0.2) is 5.82 Å². The molecule has 0 spiro atoms. The molecule has 0 aliphatic heterocycles. The summed E-state index contributed by atoms with van der Waals surface area (Å²) in [6.07, 6.45) is 0. The molecule has 0 fully saturated rings. The fraction of sp³-hybridized carbons (Fsp3) is 0.222. The molecule has 0 saturated heterocycles. The van der Waals surface area contributed by atoms with Gasteiger partial charge in [0, 0.05) is 22.7 Å². The molecule has 168 valence electrons. The van der Waals surface area contributed by atoms with E-state index in [1.54, 1.807) is 0 Å². The molecule has 0 aliphatic rings. The van der Waals surface area contributed by atoms with E-state index in [2.05, 4.69) is 36.2 Å². The molecule has 4 aromatic rings. The molecule has 6 heteroatoms. The van der Waals surface area contributed by atoms with E-state index in [9.17, 15) is 4.79 Å². The Hall–Kier alpha value is -3.44. The van der Waals surface area contributed by atoms with Gasteiger partial charge >= 0.3 is 0 Å². The van der Waals surface area contributed by atoms with Crippen LogP contribution in [0.1, 0.15) is 47.8 Å². The molecule has 3 aromatic carbocycles. The molecule has 1 heterocycles. The Bertz CT molecular complexity index is 1270. The highest BCUT2D eigenvalue weighted by atomic mass is 35.5. The van der Waals surface area contributed by atoms with E-state index in [0.717, 1.165) is 22.3 Å². The number of benzene rings is 3. The average molecular weight is 459 g/mol. The van der Waals surface area contributed by atoms with Gasteiger partial charge in [0.2, 0.25) is 5.95 Å². The Morgan fingerprint density at radius 1 is 0.970 bits per heavy atom. The minimum Gasteiger partial charge on any atom is -0.350 e. The van der Waals surface area contributed by atoms with Crippen LogP contribution in [-0.4, -0.2) is 20.7 Å². The average Bonchev–Trinajstić information content (AvgIpc) is 3.22. The zero-order valence-corrected chi connectivity index (χ0v) is 20.0. The zero-order valence-electron chi connectivity index (χ0n) is 19.3. The molecule has 0 saturated carbocycles. The maximum atomic E-state index is 13.4. The first-order valence-corrected chi connectivity index (χ1v) is 11.3. The summed E-state index contributed by atoms with van der Waals surface area (Å²) in [6, 6.07) is 23.1. The van der Waals surface area contributed by atoms with Gasteiger partial charge in [-0.2, -0.15) is 9.67 Å². The Kier molecular flexibility index (Phi) is 6.34. The van der Waals surface area contributed by atoms with Crippen LogP contribution in [-0.2, 0) is 12.0 Å². The molecule has 0 unspecified atom stereocenters. The van der Waals surface area contributed by atoms with Gasteiger partial charge in [-0.05, 0) is 41.7 Å². The largest absolute Gasteiger partial charge is 0.350 e. The minimum atomic E-state index is -0.247. The third kappa shape index (κ3) is 5.15. The lowest BCUT2D eigenvalue weighted by molar-refractivity contribution is 0.0947. The van der Waals surface area contributed by atoms with Crippen molar-refractivity contribution < 1.29 is 4.79 Å². The highest BCUT2D eigenvalue weighted by Gasteiger charge is 2.20. The number of aryl methyl sites for hydroxylation is 1. The smallest absolute Gasteiger partial charge is 0.281 e. The number of halogens is 1. The molecule has 5 nitrogen and oxygen atoms in total. The zero-order chi connectivity index (χ0) is 23.6. The van der Waals surface area contributed by atoms with Crippen LogP contribution in [0.3, 0.4) is 0 Å². The Morgan fingerprint density at radius 3 is 2.27 bits per heavy atom. The monoisotopic (exact) mass is 458 g/mol. The summed E-state index contributed by atoms with van der Waals surface area (Å²) in [4.78, 5) is 18.0. The topological polar surface area (TPSA) is 59.8 Å². The van der Waals surface area contributed by atoms with Crippen LogP contribution >= 0.6 is 11.6 Å². The lowest BCUT2D eigenvalue weighted by Gasteiger charge is -2.19. The molecule has 0 radical (unpaired) electrons. The summed E-state index contributed by atoms with van der Waals surface area (Å²) in [5.74, 6) is 0.606. The third-order valence-corrected chi connectivity index (χ3v) is 5.87. The summed E-state index contributed by atoms with van der Waals surface area (Å²) in [7, 11) is 0. The molecule has 1 N–H and O–H groups in total. The van der Waals surface area contributed by atoms with Gasteiger partial charge in [0.1, 0.15) is 0 Å². The maximum absolute atomic E-state index is 13.4. The molecule has 0 amide bonds. The summed E-state index contributed by atoms with van der Waals surface area (Å²) >= 11 is 6.31. The van der Waals surface area contributed by atoms with Crippen molar-refractivity contribution in [3.63, 3.8) is 0 Å². The molecule has 1 aromatic heterocycles. The lowest BCUT2D eigenvalue weighted by Crippen LogP contribution is -2.18. The first-order chi connectivity index (χ1) is 15.7. The molecule has 0 atom stereocenters. The van der Waals surface area contributed by atoms with Gasteiger partial charge in [-0.3, -0.25) is 4.79 Å². The van der Waals surface area contributed by atoms with E-state index < -0.39 is 0 Å². The van der Waals surface area contributed by atoms with Crippen molar-refractivity contribution in [3.8, 4) is 11.4 Å². The van der Waals surface area contributed by atoms with E-state index in [-0.39, 0.29) is 11.3 Å². The van der Waals surface area contributed by atoms with Gasteiger partial charge in [0.05, 0.1) is 0 Å². The minimum absolute atomic E-state index is 0.00904. The first-order valence-electron chi connectivity index (χ1n) is 10.9. The standard InChI is InChI=1S/C27H27ClN4O/c1-18-9-11-19(12-10-18)24-30-26(29-17-21-7-5-6-8-23(21)28)32(31-24)25(33)20-13-15-22(16-14-20)27(2,3)4/h5-16H,17H2,1-4H3,(H,29,30,31). The predicted molar refractivity (Wildman–Crippen MR) is 134 cm³/mol. The lowest BCUT2D eigenvalue weighted by atomic mass is 9.87. The number of rotatable bonds is 5. The third-order valence-electron chi connectivity index (χ3n) is 5.50. The summed E-state index contributed by atoms with van der Waals surface area (Å²) in [5.41, 5.74) is 4.61. The van der Waals surface area contributed by atoms with Gasteiger partial charge in [0.25, 0.3) is 5.91 Å². The van der Waals surface area contributed by atoms with Crippen molar-refractivity contribution in [1.82, 2.24) is 14.8 Å². The Labute approximate surface area is 199 Å². The highest BCUT2D eigenvalue weighted by molar-refractivity contribution is 6.31.